The van der Waals surface area contributed by atoms with Crippen molar-refractivity contribution in [2.24, 2.45) is 4.99 Å². The summed E-state index contributed by atoms with van der Waals surface area (Å²) >= 11 is 0. The molecule has 0 saturated carbocycles. The van der Waals surface area contributed by atoms with E-state index >= 15 is 0 Å². The molecule has 2 N–H and O–H groups in total. The van der Waals surface area contributed by atoms with Gasteiger partial charge in [0.25, 0.3) is 0 Å². The molecule has 1 aliphatic rings. The Hall–Kier alpha value is -1.91. The zero-order valence-corrected chi connectivity index (χ0v) is 20.9. The van der Waals surface area contributed by atoms with E-state index in [1.54, 1.807) is 14.2 Å². The van der Waals surface area contributed by atoms with Crippen LogP contribution in [-0.4, -0.2) is 69.0 Å². The van der Waals surface area contributed by atoms with E-state index in [1.165, 1.54) is 0 Å². The second-order valence-corrected chi connectivity index (χ2v) is 7.93. The Labute approximate surface area is 196 Å². The number of carbonyl (C=O) groups is 1. The molecule has 1 aliphatic heterocycles. The van der Waals surface area contributed by atoms with Gasteiger partial charge in [-0.25, -0.2) is 4.79 Å². The number of methoxy groups -OCH3 is 1. The lowest BCUT2D eigenvalue weighted by Gasteiger charge is -2.23. The molecule has 0 bridgehead atoms. The number of rotatable bonds is 7. The maximum atomic E-state index is 11.9. The third-order valence-corrected chi connectivity index (χ3v) is 4.35. The average molecular weight is 534 g/mol. The molecule has 1 aromatic rings. The third kappa shape index (κ3) is 9.27. The SMILES string of the molecule is CN=C(NCCCOc1ccc(OC)cc1)N1CCC(NC(=O)OC(C)(C)C)C1.I. The molecule has 0 radical (unpaired) electrons. The summed E-state index contributed by atoms with van der Waals surface area (Å²) in [5.41, 5.74) is -0.492. The molecule has 1 saturated heterocycles. The van der Waals surface area contributed by atoms with Gasteiger partial charge in [-0.2, -0.15) is 0 Å². The number of hydrogen-bond donors (Lipinski definition) is 2. The summed E-state index contributed by atoms with van der Waals surface area (Å²) < 4.78 is 16.2. The summed E-state index contributed by atoms with van der Waals surface area (Å²) in [5, 5.41) is 6.29. The summed E-state index contributed by atoms with van der Waals surface area (Å²) in [4.78, 5) is 18.4. The molecule has 0 aromatic heterocycles. The summed E-state index contributed by atoms with van der Waals surface area (Å²) in [6.07, 6.45) is 1.34. The van der Waals surface area contributed by atoms with Gasteiger partial charge in [-0.15, -0.1) is 24.0 Å². The molecule has 2 rings (SSSR count). The number of ether oxygens (including phenoxy) is 3. The maximum Gasteiger partial charge on any atom is 0.407 e. The smallest absolute Gasteiger partial charge is 0.407 e. The second-order valence-electron chi connectivity index (χ2n) is 7.93. The highest BCUT2D eigenvalue weighted by atomic mass is 127. The molecular weight excluding hydrogens is 499 g/mol. The molecule has 1 amide bonds. The molecule has 8 nitrogen and oxygen atoms in total. The number of aliphatic imine (C=N–C) groups is 1. The fraction of sp³-hybridized carbons (Fsp3) is 0.619. The fourth-order valence-electron chi connectivity index (χ4n) is 3.01. The lowest BCUT2D eigenvalue weighted by molar-refractivity contribution is 0.0507. The molecule has 1 fully saturated rings. The number of alkyl carbamates (subject to hydrolysis) is 1. The first kappa shape index (κ1) is 26.1. The van der Waals surface area contributed by atoms with Crippen LogP contribution in [0.3, 0.4) is 0 Å². The second kappa shape index (κ2) is 12.7. The quantitative estimate of drug-likeness (QED) is 0.242. The number of nitrogens with one attached hydrogen (secondary N) is 2. The van der Waals surface area contributed by atoms with Crippen molar-refractivity contribution in [2.75, 3.05) is 40.4 Å². The van der Waals surface area contributed by atoms with Gasteiger partial charge in [0.1, 0.15) is 17.1 Å². The van der Waals surface area contributed by atoms with Crippen molar-refractivity contribution in [3.05, 3.63) is 24.3 Å². The van der Waals surface area contributed by atoms with Crippen LogP contribution in [0.25, 0.3) is 0 Å². The van der Waals surface area contributed by atoms with Crippen LogP contribution in [0.15, 0.2) is 29.3 Å². The summed E-state index contributed by atoms with van der Waals surface area (Å²) in [6, 6.07) is 7.61. The molecule has 1 unspecified atom stereocenters. The Kier molecular flexibility index (Phi) is 11.1. The Bertz CT molecular complexity index is 677. The lowest BCUT2D eigenvalue weighted by atomic mass is 10.2. The normalized spacial score (nSPS) is 16.5. The molecular formula is C21H35IN4O4. The number of halogens is 1. The number of hydrogen-bond acceptors (Lipinski definition) is 5. The third-order valence-electron chi connectivity index (χ3n) is 4.35. The number of benzene rings is 1. The zero-order valence-electron chi connectivity index (χ0n) is 18.6. The van der Waals surface area contributed by atoms with Crippen molar-refractivity contribution in [2.45, 2.75) is 45.3 Å². The zero-order chi connectivity index (χ0) is 21.3. The first-order valence-corrected chi connectivity index (χ1v) is 10.0. The van der Waals surface area contributed by atoms with Gasteiger partial charge in [0.2, 0.25) is 0 Å². The molecule has 0 spiro atoms. The van der Waals surface area contributed by atoms with Crippen LogP contribution < -0.4 is 20.1 Å². The van der Waals surface area contributed by atoms with Gasteiger partial charge in [0.15, 0.2) is 5.96 Å². The monoisotopic (exact) mass is 534 g/mol. The number of nitrogens with zero attached hydrogens (tertiary/aromatic N) is 2. The first-order valence-electron chi connectivity index (χ1n) is 10.0. The van der Waals surface area contributed by atoms with Crippen LogP contribution in [0.5, 0.6) is 11.5 Å². The number of guanidine groups is 1. The lowest BCUT2D eigenvalue weighted by Crippen LogP contribution is -2.44. The van der Waals surface area contributed by atoms with E-state index in [0.717, 1.165) is 43.4 Å². The van der Waals surface area contributed by atoms with Crippen molar-refractivity contribution >= 4 is 36.0 Å². The average Bonchev–Trinajstić information content (AvgIpc) is 3.11. The molecule has 1 atom stereocenters. The first-order chi connectivity index (χ1) is 13.8. The van der Waals surface area contributed by atoms with Gasteiger partial charge in [0.05, 0.1) is 19.8 Å². The van der Waals surface area contributed by atoms with E-state index in [0.29, 0.717) is 13.2 Å². The molecule has 30 heavy (non-hydrogen) atoms. The topological polar surface area (TPSA) is 84.4 Å². The van der Waals surface area contributed by atoms with Crippen LogP contribution >= 0.6 is 24.0 Å². The van der Waals surface area contributed by atoms with Gasteiger partial charge in [-0.05, 0) is 57.9 Å². The summed E-state index contributed by atoms with van der Waals surface area (Å²) in [7, 11) is 3.41. The van der Waals surface area contributed by atoms with Crippen LogP contribution in [0.2, 0.25) is 0 Å². The number of amides is 1. The Morgan fingerprint density at radius 2 is 1.90 bits per heavy atom. The number of carbonyl (C=O) groups excluding carboxylic acids is 1. The van der Waals surface area contributed by atoms with E-state index in [-0.39, 0.29) is 36.1 Å². The van der Waals surface area contributed by atoms with Crippen molar-refractivity contribution in [3.63, 3.8) is 0 Å². The van der Waals surface area contributed by atoms with Gasteiger partial charge < -0.3 is 29.7 Å². The highest BCUT2D eigenvalue weighted by molar-refractivity contribution is 14.0. The predicted molar refractivity (Wildman–Crippen MR) is 129 cm³/mol. The van der Waals surface area contributed by atoms with Gasteiger partial charge in [-0.1, -0.05) is 0 Å². The minimum Gasteiger partial charge on any atom is -0.497 e. The van der Waals surface area contributed by atoms with Crippen LogP contribution in [0.1, 0.15) is 33.6 Å². The van der Waals surface area contributed by atoms with Gasteiger partial charge >= 0.3 is 6.09 Å². The van der Waals surface area contributed by atoms with E-state index < -0.39 is 5.60 Å². The minimum absolute atomic E-state index is 0. The van der Waals surface area contributed by atoms with E-state index in [2.05, 4.69) is 20.5 Å². The van der Waals surface area contributed by atoms with E-state index in [1.807, 2.05) is 45.0 Å². The molecule has 1 aromatic carbocycles. The Balaban J connectivity index is 0.00000450. The van der Waals surface area contributed by atoms with Crippen LogP contribution in [0.4, 0.5) is 4.79 Å². The minimum atomic E-state index is -0.492. The fourth-order valence-corrected chi connectivity index (χ4v) is 3.01. The van der Waals surface area contributed by atoms with Crippen molar-refractivity contribution in [1.82, 2.24) is 15.5 Å². The van der Waals surface area contributed by atoms with E-state index in [9.17, 15) is 4.79 Å². The largest absolute Gasteiger partial charge is 0.497 e. The van der Waals surface area contributed by atoms with Gasteiger partial charge in [0, 0.05) is 26.7 Å². The van der Waals surface area contributed by atoms with Crippen molar-refractivity contribution in [1.29, 1.82) is 0 Å². The standard InChI is InChI=1S/C21H34N4O4.HI/c1-21(2,3)29-20(26)24-16-11-13-25(15-16)19(22-4)23-12-6-14-28-18-9-7-17(27-5)8-10-18;/h7-10,16H,6,11-15H2,1-5H3,(H,22,23)(H,24,26);1H. The highest BCUT2D eigenvalue weighted by Gasteiger charge is 2.27. The van der Waals surface area contributed by atoms with E-state index in [4.69, 9.17) is 14.2 Å². The number of likely N-dealkylation sites (tertiary alicyclic amines) is 1. The molecule has 9 heteroatoms. The summed E-state index contributed by atoms with van der Waals surface area (Å²) in [5.74, 6) is 2.47. The maximum absolute atomic E-state index is 11.9. The Morgan fingerprint density at radius 1 is 1.23 bits per heavy atom. The highest BCUT2D eigenvalue weighted by Crippen LogP contribution is 2.17. The molecule has 170 valence electrons. The summed E-state index contributed by atoms with van der Waals surface area (Å²) in [6.45, 7) is 8.49. The van der Waals surface area contributed by atoms with Crippen LogP contribution in [0, 0.1) is 0 Å². The Morgan fingerprint density at radius 3 is 2.50 bits per heavy atom. The predicted octanol–water partition coefficient (Wildman–Crippen LogP) is 3.26. The van der Waals surface area contributed by atoms with Gasteiger partial charge in [-0.3, -0.25) is 4.99 Å². The van der Waals surface area contributed by atoms with Crippen LogP contribution in [-0.2, 0) is 4.74 Å². The molecule has 1 heterocycles. The molecule has 0 aliphatic carbocycles. The van der Waals surface area contributed by atoms with Crippen molar-refractivity contribution in [3.8, 4) is 11.5 Å². The van der Waals surface area contributed by atoms with Crippen molar-refractivity contribution < 1.29 is 19.0 Å².